The number of hydrogen-bond acceptors (Lipinski definition) is 4. The van der Waals surface area contributed by atoms with Crippen molar-refractivity contribution in [2.24, 2.45) is 5.73 Å². The van der Waals surface area contributed by atoms with Crippen molar-refractivity contribution in [2.45, 2.75) is 19.8 Å². The second-order valence-corrected chi connectivity index (χ2v) is 6.13. The molecule has 0 spiro atoms. The Morgan fingerprint density at radius 1 is 1.12 bits per heavy atom. The van der Waals surface area contributed by atoms with Crippen molar-refractivity contribution < 1.29 is 9.53 Å². The summed E-state index contributed by atoms with van der Waals surface area (Å²) in [7, 11) is 0. The molecule has 1 atom stereocenters. The van der Waals surface area contributed by atoms with Crippen molar-refractivity contribution >= 4 is 11.6 Å². The molecule has 0 radical (unpaired) electrons. The number of allylic oxidation sites excluding steroid dienone is 2. The number of nitriles is 1. The van der Waals surface area contributed by atoms with Gasteiger partial charge < -0.3 is 15.8 Å². The number of para-hydroxylation sites is 1. The first-order chi connectivity index (χ1) is 12.5. The van der Waals surface area contributed by atoms with Crippen molar-refractivity contribution in [2.75, 3.05) is 5.32 Å². The van der Waals surface area contributed by atoms with Gasteiger partial charge in [-0.2, -0.15) is 5.26 Å². The van der Waals surface area contributed by atoms with Gasteiger partial charge in [0, 0.05) is 5.69 Å². The number of aryl methyl sites for hydroxylation is 1. The number of ether oxygens (including phenoxy) is 1. The third kappa shape index (κ3) is 3.31. The zero-order valence-corrected chi connectivity index (χ0v) is 14.6. The Balaban J connectivity index is 2.05. The molecule has 5 nitrogen and oxygen atoms in total. The molecule has 1 aliphatic rings. The maximum absolute atomic E-state index is 13.0. The lowest BCUT2D eigenvalue weighted by Gasteiger charge is -2.27. The van der Waals surface area contributed by atoms with Gasteiger partial charge in [0.05, 0.1) is 11.5 Å². The van der Waals surface area contributed by atoms with E-state index in [2.05, 4.69) is 11.4 Å². The Hall–Kier alpha value is -3.52. The van der Waals surface area contributed by atoms with Gasteiger partial charge in [-0.15, -0.1) is 0 Å². The van der Waals surface area contributed by atoms with Crippen LogP contribution >= 0.6 is 0 Å². The van der Waals surface area contributed by atoms with Gasteiger partial charge >= 0.3 is 0 Å². The minimum absolute atomic E-state index is 0.0341. The highest BCUT2D eigenvalue weighted by atomic mass is 16.5. The molecule has 3 rings (SSSR count). The van der Waals surface area contributed by atoms with Crippen LogP contribution in [0.25, 0.3) is 0 Å². The maximum Gasteiger partial charge on any atom is 0.255 e. The van der Waals surface area contributed by atoms with Gasteiger partial charge in [0.2, 0.25) is 5.88 Å². The summed E-state index contributed by atoms with van der Waals surface area (Å²) in [4.78, 5) is 13.0. The van der Waals surface area contributed by atoms with E-state index >= 15 is 0 Å². The van der Waals surface area contributed by atoms with Gasteiger partial charge in [0.25, 0.3) is 5.91 Å². The number of amides is 1. The van der Waals surface area contributed by atoms with Crippen molar-refractivity contribution in [1.29, 1.82) is 5.26 Å². The van der Waals surface area contributed by atoms with Gasteiger partial charge in [-0.3, -0.25) is 4.79 Å². The van der Waals surface area contributed by atoms with Crippen molar-refractivity contribution in [3.05, 3.63) is 88.5 Å². The summed E-state index contributed by atoms with van der Waals surface area (Å²) >= 11 is 0. The second kappa shape index (κ2) is 7.16. The number of hydrogen-bond donors (Lipinski definition) is 2. The highest BCUT2D eigenvalue weighted by Gasteiger charge is 2.35. The SMILES string of the molecule is CC1=C(C(=O)Nc2ccccc2)[C@@H](c2ccc(C)cc2)C(C#N)=C(N)O1. The zero-order valence-electron chi connectivity index (χ0n) is 14.6. The van der Waals surface area contributed by atoms with Gasteiger partial charge in [-0.25, -0.2) is 0 Å². The molecule has 0 fully saturated rings. The summed E-state index contributed by atoms with van der Waals surface area (Å²) in [6, 6.07) is 18.9. The predicted octanol–water partition coefficient (Wildman–Crippen LogP) is 3.72. The van der Waals surface area contributed by atoms with E-state index in [0.29, 0.717) is 17.0 Å². The zero-order chi connectivity index (χ0) is 18.7. The number of carbonyl (C=O) groups is 1. The standard InChI is InChI=1S/C21H19N3O2/c1-13-8-10-15(11-9-13)19-17(12-22)20(23)26-14(2)18(19)21(25)24-16-6-4-3-5-7-16/h3-11,19H,23H2,1-2H3,(H,24,25)/t19-/m0/s1. The molecule has 0 saturated heterocycles. The normalized spacial score (nSPS) is 16.7. The van der Waals surface area contributed by atoms with Crippen LogP contribution in [-0.2, 0) is 9.53 Å². The molecular weight excluding hydrogens is 326 g/mol. The quantitative estimate of drug-likeness (QED) is 0.887. The number of carbonyl (C=O) groups excluding carboxylic acids is 1. The molecule has 2 aromatic rings. The van der Waals surface area contributed by atoms with Gasteiger partial charge in [-0.05, 0) is 31.5 Å². The number of benzene rings is 2. The van der Waals surface area contributed by atoms with Crippen molar-refractivity contribution in [3.8, 4) is 6.07 Å². The Morgan fingerprint density at radius 3 is 2.38 bits per heavy atom. The van der Waals surface area contributed by atoms with Crippen LogP contribution in [0.3, 0.4) is 0 Å². The first-order valence-electron chi connectivity index (χ1n) is 8.22. The first-order valence-corrected chi connectivity index (χ1v) is 8.22. The van der Waals surface area contributed by atoms with Gasteiger partial charge in [0.15, 0.2) is 0 Å². The van der Waals surface area contributed by atoms with Crippen LogP contribution in [0.2, 0.25) is 0 Å². The summed E-state index contributed by atoms with van der Waals surface area (Å²) in [5.41, 5.74) is 9.11. The van der Waals surface area contributed by atoms with Crippen molar-refractivity contribution in [3.63, 3.8) is 0 Å². The largest absolute Gasteiger partial charge is 0.445 e. The molecule has 0 aromatic heterocycles. The van der Waals surface area contributed by atoms with E-state index in [4.69, 9.17) is 10.5 Å². The van der Waals surface area contributed by atoms with Crippen molar-refractivity contribution in [1.82, 2.24) is 0 Å². The lowest BCUT2D eigenvalue weighted by Crippen LogP contribution is -2.27. The van der Waals surface area contributed by atoms with E-state index in [1.165, 1.54) is 0 Å². The minimum atomic E-state index is -0.571. The fourth-order valence-electron chi connectivity index (χ4n) is 2.99. The minimum Gasteiger partial charge on any atom is -0.445 e. The monoisotopic (exact) mass is 345 g/mol. The third-order valence-corrected chi connectivity index (χ3v) is 4.29. The van der Waals surface area contributed by atoms with Crippen LogP contribution in [0.5, 0.6) is 0 Å². The molecule has 0 saturated carbocycles. The lowest BCUT2D eigenvalue weighted by molar-refractivity contribution is -0.113. The molecule has 2 aromatic carbocycles. The Kier molecular flexibility index (Phi) is 4.76. The van der Waals surface area contributed by atoms with E-state index < -0.39 is 5.92 Å². The Labute approximate surface area is 152 Å². The highest BCUT2D eigenvalue weighted by Crippen LogP contribution is 2.39. The molecular formula is C21H19N3O2. The van der Waals surface area contributed by atoms with Crippen LogP contribution in [0.1, 0.15) is 24.0 Å². The lowest BCUT2D eigenvalue weighted by atomic mass is 9.82. The topological polar surface area (TPSA) is 88.1 Å². The smallest absolute Gasteiger partial charge is 0.255 e. The molecule has 0 unspecified atom stereocenters. The van der Waals surface area contributed by atoms with E-state index in [1.807, 2.05) is 49.4 Å². The van der Waals surface area contributed by atoms with Gasteiger partial charge in [0.1, 0.15) is 17.4 Å². The number of nitrogens with zero attached hydrogens (tertiary/aromatic N) is 1. The maximum atomic E-state index is 13.0. The number of nitrogens with one attached hydrogen (secondary N) is 1. The molecule has 1 amide bonds. The summed E-state index contributed by atoms with van der Waals surface area (Å²) in [6.07, 6.45) is 0. The van der Waals surface area contributed by atoms with E-state index in [9.17, 15) is 10.1 Å². The molecule has 1 aliphatic heterocycles. The summed E-state index contributed by atoms with van der Waals surface area (Å²) in [6.45, 7) is 3.66. The van der Waals surface area contributed by atoms with Gasteiger partial charge in [-0.1, -0.05) is 48.0 Å². The van der Waals surface area contributed by atoms with Crippen LogP contribution in [0, 0.1) is 18.3 Å². The number of anilines is 1. The number of nitrogens with two attached hydrogens (primary N) is 1. The first kappa shape index (κ1) is 17.3. The molecule has 26 heavy (non-hydrogen) atoms. The highest BCUT2D eigenvalue weighted by molar-refractivity contribution is 6.06. The summed E-state index contributed by atoms with van der Waals surface area (Å²) in [5, 5.41) is 12.5. The van der Waals surface area contributed by atoms with E-state index in [0.717, 1.165) is 11.1 Å². The number of rotatable bonds is 3. The van der Waals surface area contributed by atoms with E-state index in [-0.39, 0.29) is 17.4 Å². The van der Waals surface area contributed by atoms with Crippen LogP contribution in [0.15, 0.2) is 77.4 Å². The molecule has 1 heterocycles. The molecule has 0 aliphatic carbocycles. The summed E-state index contributed by atoms with van der Waals surface area (Å²) in [5.74, 6) is -0.468. The average Bonchev–Trinajstić information content (AvgIpc) is 2.62. The predicted molar refractivity (Wildman–Crippen MR) is 99.6 cm³/mol. The third-order valence-electron chi connectivity index (χ3n) is 4.29. The van der Waals surface area contributed by atoms with Crippen LogP contribution < -0.4 is 11.1 Å². The molecule has 5 heteroatoms. The Morgan fingerprint density at radius 2 is 1.77 bits per heavy atom. The second-order valence-electron chi connectivity index (χ2n) is 6.13. The van der Waals surface area contributed by atoms with Crippen LogP contribution in [-0.4, -0.2) is 5.91 Å². The summed E-state index contributed by atoms with van der Waals surface area (Å²) < 4.78 is 5.49. The fraction of sp³-hybridized carbons (Fsp3) is 0.143. The molecule has 130 valence electrons. The average molecular weight is 345 g/mol. The van der Waals surface area contributed by atoms with Crippen LogP contribution in [0.4, 0.5) is 5.69 Å². The van der Waals surface area contributed by atoms with E-state index in [1.54, 1.807) is 19.1 Å². The fourth-order valence-corrected chi connectivity index (χ4v) is 2.99. The Bertz CT molecular complexity index is 935. The molecule has 3 N–H and O–H groups in total. The molecule has 0 bridgehead atoms.